The number of morpholine rings is 1. The smallest absolute Gasteiger partial charge is 0.338 e. The zero-order chi connectivity index (χ0) is 18.2. The van der Waals surface area contributed by atoms with Crippen molar-refractivity contribution in [3.63, 3.8) is 0 Å². The van der Waals surface area contributed by atoms with Crippen LogP contribution in [0.5, 0.6) is 5.75 Å². The van der Waals surface area contributed by atoms with Gasteiger partial charge in [0.25, 0.3) is 5.91 Å². The summed E-state index contributed by atoms with van der Waals surface area (Å²) >= 11 is 0. The van der Waals surface area contributed by atoms with Crippen LogP contribution in [0, 0.1) is 0 Å². The van der Waals surface area contributed by atoms with Gasteiger partial charge in [-0.25, -0.2) is 4.79 Å². The number of likely N-dealkylation sites (N-methyl/N-ethyl adjacent to an activating group) is 1. The van der Waals surface area contributed by atoms with E-state index in [2.05, 4.69) is 0 Å². The lowest BCUT2D eigenvalue weighted by molar-refractivity contribution is -0.143. The second-order valence-corrected chi connectivity index (χ2v) is 5.55. The highest BCUT2D eigenvalue weighted by Crippen LogP contribution is 2.13. The summed E-state index contributed by atoms with van der Waals surface area (Å²) in [5.74, 6) is -0.703. The van der Waals surface area contributed by atoms with Crippen molar-refractivity contribution in [1.82, 2.24) is 9.80 Å². The quantitative estimate of drug-likeness (QED) is 0.680. The Morgan fingerprint density at radius 2 is 1.96 bits per heavy atom. The van der Waals surface area contributed by atoms with Crippen molar-refractivity contribution < 1.29 is 28.6 Å². The molecule has 0 spiro atoms. The van der Waals surface area contributed by atoms with Gasteiger partial charge in [-0.15, -0.1) is 0 Å². The van der Waals surface area contributed by atoms with Crippen molar-refractivity contribution >= 4 is 17.8 Å². The predicted octanol–water partition coefficient (Wildman–Crippen LogP) is 0.169. The number of carbonyl (C=O) groups is 3. The van der Waals surface area contributed by atoms with E-state index < -0.39 is 18.5 Å². The molecule has 1 aliphatic rings. The van der Waals surface area contributed by atoms with Crippen LogP contribution in [0.15, 0.2) is 24.3 Å². The molecule has 1 aromatic carbocycles. The van der Waals surface area contributed by atoms with E-state index in [9.17, 15) is 14.4 Å². The highest BCUT2D eigenvalue weighted by molar-refractivity contribution is 5.92. The molecule has 2 rings (SSSR count). The molecule has 0 N–H and O–H groups in total. The molecule has 0 saturated carbocycles. The van der Waals surface area contributed by atoms with Gasteiger partial charge in [0.2, 0.25) is 5.91 Å². The van der Waals surface area contributed by atoms with Crippen LogP contribution in [0.4, 0.5) is 0 Å². The van der Waals surface area contributed by atoms with Gasteiger partial charge in [0.1, 0.15) is 5.75 Å². The monoisotopic (exact) mass is 350 g/mol. The fourth-order valence-electron chi connectivity index (χ4n) is 2.27. The van der Waals surface area contributed by atoms with Crippen LogP contribution in [0.1, 0.15) is 10.4 Å². The molecule has 1 fully saturated rings. The minimum Gasteiger partial charge on any atom is -0.497 e. The molecule has 2 amide bonds. The SMILES string of the molecule is COc1cccc(C(=O)OCC(=O)N(C)CC(=O)N2CCOCC2)c1. The molecule has 25 heavy (non-hydrogen) atoms. The summed E-state index contributed by atoms with van der Waals surface area (Å²) in [5.41, 5.74) is 0.291. The van der Waals surface area contributed by atoms with E-state index in [1.165, 1.54) is 25.1 Å². The maximum Gasteiger partial charge on any atom is 0.338 e. The van der Waals surface area contributed by atoms with Crippen LogP contribution in [0.3, 0.4) is 0 Å². The second kappa shape index (κ2) is 9.03. The van der Waals surface area contributed by atoms with E-state index in [-0.39, 0.29) is 12.5 Å². The van der Waals surface area contributed by atoms with Crippen molar-refractivity contribution in [2.75, 3.05) is 53.6 Å². The Labute approximate surface area is 146 Å². The fraction of sp³-hybridized carbons (Fsp3) is 0.471. The molecule has 0 aliphatic carbocycles. The average molecular weight is 350 g/mol. The topological polar surface area (TPSA) is 85.4 Å². The average Bonchev–Trinajstić information content (AvgIpc) is 2.66. The standard InChI is InChI=1S/C17H22N2O6/c1-18(11-15(20)19-6-8-24-9-7-19)16(21)12-25-17(22)13-4-3-5-14(10-13)23-2/h3-5,10H,6-9,11-12H2,1-2H3. The van der Waals surface area contributed by atoms with Crippen LogP contribution in [-0.2, 0) is 19.1 Å². The summed E-state index contributed by atoms with van der Waals surface area (Å²) < 4.78 is 15.2. The molecular weight excluding hydrogens is 328 g/mol. The summed E-state index contributed by atoms with van der Waals surface area (Å²) in [6, 6.07) is 6.46. The Kier molecular flexibility index (Phi) is 6.76. The molecule has 8 heteroatoms. The van der Waals surface area contributed by atoms with Crippen molar-refractivity contribution in [3.8, 4) is 5.75 Å². The molecule has 136 valence electrons. The van der Waals surface area contributed by atoms with Gasteiger partial charge in [-0.3, -0.25) is 9.59 Å². The largest absolute Gasteiger partial charge is 0.497 e. The van der Waals surface area contributed by atoms with Gasteiger partial charge in [-0.1, -0.05) is 6.07 Å². The first-order chi connectivity index (χ1) is 12.0. The number of ether oxygens (including phenoxy) is 3. The summed E-state index contributed by atoms with van der Waals surface area (Å²) in [6.07, 6.45) is 0. The number of esters is 1. The number of rotatable bonds is 6. The molecule has 0 bridgehead atoms. The van der Waals surface area contributed by atoms with Gasteiger partial charge in [0.05, 0.1) is 32.4 Å². The number of carbonyl (C=O) groups excluding carboxylic acids is 3. The Hall–Kier alpha value is -2.61. The zero-order valence-corrected chi connectivity index (χ0v) is 14.4. The van der Waals surface area contributed by atoms with Gasteiger partial charge in [0.15, 0.2) is 6.61 Å². The van der Waals surface area contributed by atoms with Crippen molar-refractivity contribution in [2.24, 2.45) is 0 Å². The normalized spacial score (nSPS) is 13.9. The molecule has 1 aliphatic heterocycles. The van der Waals surface area contributed by atoms with E-state index in [0.29, 0.717) is 37.6 Å². The molecule has 1 aromatic rings. The van der Waals surface area contributed by atoms with E-state index in [1.807, 2.05) is 0 Å². The predicted molar refractivity (Wildman–Crippen MR) is 88.3 cm³/mol. The lowest BCUT2D eigenvalue weighted by Crippen LogP contribution is -2.46. The van der Waals surface area contributed by atoms with Crippen LogP contribution >= 0.6 is 0 Å². The summed E-state index contributed by atoms with van der Waals surface area (Å²) in [7, 11) is 2.99. The fourth-order valence-corrected chi connectivity index (χ4v) is 2.27. The number of hydrogen-bond acceptors (Lipinski definition) is 6. The Morgan fingerprint density at radius 3 is 2.64 bits per heavy atom. The maximum absolute atomic E-state index is 12.1. The van der Waals surface area contributed by atoms with E-state index >= 15 is 0 Å². The van der Waals surface area contributed by atoms with Crippen LogP contribution < -0.4 is 4.74 Å². The molecule has 0 unspecified atom stereocenters. The number of nitrogens with zero attached hydrogens (tertiary/aromatic N) is 2. The third-order valence-corrected chi connectivity index (χ3v) is 3.79. The zero-order valence-electron chi connectivity index (χ0n) is 14.4. The molecule has 1 heterocycles. The number of benzene rings is 1. The van der Waals surface area contributed by atoms with Gasteiger partial charge in [-0.2, -0.15) is 0 Å². The van der Waals surface area contributed by atoms with Crippen molar-refractivity contribution in [1.29, 1.82) is 0 Å². The highest BCUT2D eigenvalue weighted by Gasteiger charge is 2.21. The highest BCUT2D eigenvalue weighted by atomic mass is 16.5. The number of amides is 2. The maximum atomic E-state index is 12.1. The van der Waals surface area contributed by atoms with Crippen molar-refractivity contribution in [3.05, 3.63) is 29.8 Å². The third-order valence-electron chi connectivity index (χ3n) is 3.79. The molecule has 0 atom stereocenters. The van der Waals surface area contributed by atoms with Gasteiger partial charge in [0, 0.05) is 20.1 Å². The van der Waals surface area contributed by atoms with E-state index in [1.54, 1.807) is 23.1 Å². The summed E-state index contributed by atoms with van der Waals surface area (Å²) in [5, 5.41) is 0. The van der Waals surface area contributed by atoms with Crippen molar-refractivity contribution in [2.45, 2.75) is 0 Å². The first kappa shape index (κ1) is 18.7. The van der Waals surface area contributed by atoms with E-state index in [4.69, 9.17) is 14.2 Å². The number of methoxy groups -OCH3 is 1. The molecular formula is C17H22N2O6. The lowest BCUT2D eigenvalue weighted by atomic mass is 10.2. The Bertz CT molecular complexity index is 627. The third kappa shape index (κ3) is 5.46. The lowest BCUT2D eigenvalue weighted by Gasteiger charge is -2.28. The minimum absolute atomic E-state index is 0.0600. The Balaban J connectivity index is 1.80. The molecule has 8 nitrogen and oxygen atoms in total. The molecule has 0 aromatic heterocycles. The van der Waals surface area contributed by atoms with E-state index in [0.717, 1.165) is 0 Å². The molecule has 1 saturated heterocycles. The van der Waals surface area contributed by atoms with Crippen LogP contribution in [0.2, 0.25) is 0 Å². The van der Waals surface area contributed by atoms with Gasteiger partial charge < -0.3 is 24.0 Å². The second-order valence-electron chi connectivity index (χ2n) is 5.55. The van der Waals surface area contributed by atoms with Gasteiger partial charge in [-0.05, 0) is 18.2 Å². The first-order valence-corrected chi connectivity index (χ1v) is 7.92. The van der Waals surface area contributed by atoms with Crippen LogP contribution in [0.25, 0.3) is 0 Å². The van der Waals surface area contributed by atoms with Gasteiger partial charge >= 0.3 is 5.97 Å². The Morgan fingerprint density at radius 1 is 1.24 bits per heavy atom. The molecule has 0 radical (unpaired) electrons. The minimum atomic E-state index is -0.625. The van der Waals surface area contributed by atoms with Crippen LogP contribution in [-0.4, -0.2) is 81.2 Å². The summed E-state index contributed by atoms with van der Waals surface area (Å²) in [6.45, 7) is 1.55. The summed E-state index contributed by atoms with van der Waals surface area (Å²) in [4.78, 5) is 39.0. The number of hydrogen-bond donors (Lipinski definition) is 0. The first-order valence-electron chi connectivity index (χ1n) is 7.92.